The Bertz CT molecular complexity index is 675. The highest BCUT2D eigenvalue weighted by molar-refractivity contribution is 8.01. The van der Waals surface area contributed by atoms with Crippen LogP contribution in [0.3, 0.4) is 0 Å². The number of ether oxygens (including phenoxy) is 1. The van der Waals surface area contributed by atoms with Crippen molar-refractivity contribution in [3.05, 3.63) is 39.9 Å². The van der Waals surface area contributed by atoms with E-state index in [9.17, 15) is 19.7 Å². The smallest absolute Gasteiger partial charge is 0.330 e. The number of nitro benzene ring substituents is 1. The van der Waals surface area contributed by atoms with Crippen molar-refractivity contribution in [2.24, 2.45) is 0 Å². The van der Waals surface area contributed by atoms with Gasteiger partial charge >= 0.3 is 5.97 Å². The maximum absolute atomic E-state index is 12.4. The van der Waals surface area contributed by atoms with Crippen LogP contribution >= 0.6 is 11.8 Å². The van der Waals surface area contributed by atoms with Crippen molar-refractivity contribution in [3.63, 3.8) is 0 Å². The molecule has 2 aliphatic heterocycles. The lowest BCUT2D eigenvalue weighted by molar-refractivity contribution is -0.384. The van der Waals surface area contributed by atoms with Crippen LogP contribution in [0.1, 0.15) is 25.8 Å². The summed E-state index contributed by atoms with van der Waals surface area (Å²) in [6.07, 6.45) is 0.472. The fourth-order valence-electron chi connectivity index (χ4n) is 2.90. The molecule has 0 aliphatic carbocycles. The van der Waals surface area contributed by atoms with Crippen LogP contribution in [0.25, 0.3) is 0 Å². The average molecular weight is 354 g/mol. The Labute approximate surface area is 142 Å². The normalized spacial score (nSPS) is 23.8. The molecule has 0 aromatic heterocycles. The molecular formula is C15H18N2O6S. The number of esters is 1. The molecule has 1 aromatic rings. The molecule has 2 atom stereocenters. The Kier molecular flexibility index (Phi) is 4.86. The number of β-lactam (4-membered cyclic amide) rings is 1. The van der Waals surface area contributed by atoms with Crippen molar-refractivity contribution in [3.8, 4) is 0 Å². The van der Waals surface area contributed by atoms with E-state index in [0.29, 0.717) is 12.0 Å². The first kappa shape index (κ1) is 18.2. The zero-order valence-corrected chi connectivity index (χ0v) is 14.0. The van der Waals surface area contributed by atoms with Crippen molar-refractivity contribution < 1.29 is 24.7 Å². The molecule has 0 radical (unpaired) electrons. The highest BCUT2D eigenvalue weighted by atomic mass is 32.2. The molecule has 3 rings (SSSR count). The summed E-state index contributed by atoms with van der Waals surface area (Å²) in [5, 5.41) is 10.7. The van der Waals surface area contributed by atoms with Crippen LogP contribution in [0.2, 0.25) is 0 Å². The van der Waals surface area contributed by atoms with Gasteiger partial charge in [-0.2, -0.15) is 0 Å². The maximum atomic E-state index is 12.4. The summed E-state index contributed by atoms with van der Waals surface area (Å²) in [5.41, 5.74) is 0.654. The standard InChI is InChI=1S/C15H16N2O5S.H2O/c1-15(2)13(16-11(18)7-12(16)23-15)14(19)22-8-9-3-5-10(6-4-9)17(20)21;/h3-6,12-13H,7-8H2,1-2H3;1H2/t12-,13+;/m1./s1. The Balaban J connectivity index is 0.00000208. The number of rotatable bonds is 4. The molecule has 2 N–H and O–H groups in total. The summed E-state index contributed by atoms with van der Waals surface area (Å²) >= 11 is 1.61. The second kappa shape index (κ2) is 6.40. The van der Waals surface area contributed by atoms with Gasteiger partial charge < -0.3 is 15.1 Å². The average Bonchev–Trinajstić information content (AvgIpc) is 2.71. The number of non-ortho nitro benzene ring substituents is 1. The topological polar surface area (TPSA) is 121 Å². The number of nitrogens with zero attached hydrogens (tertiary/aromatic N) is 2. The minimum atomic E-state index is -0.586. The number of benzene rings is 1. The number of amides is 1. The van der Waals surface area contributed by atoms with Crippen LogP contribution in [0.15, 0.2) is 24.3 Å². The van der Waals surface area contributed by atoms with Crippen molar-refractivity contribution in [2.45, 2.75) is 43.0 Å². The van der Waals surface area contributed by atoms with Gasteiger partial charge in [0.05, 0.1) is 16.7 Å². The minimum Gasteiger partial charge on any atom is -0.459 e. The number of thioether (sulfide) groups is 1. The zero-order chi connectivity index (χ0) is 16.8. The zero-order valence-electron chi connectivity index (χ0n) is 13.2. The predicted octanol–water partition coefficient (Wildman–Crippen LogP) is 1.27. The third kappa shape index (κ3) is 3.09. The fraction of sp³-hybridized carbons (Fsp3) is 0.467. The van der Waals surface area contributed by atoms with E-state index >= 15 is 0 Å². The Morgan fingerprint density at radius 2 is 2.04 bits per heavy atom. The number of carbonyl (C=O) groups excluding carboxylic acids is 2. The number of hydrogen-bond acceptors (Lipinski definition) is 6. The van der Waals surface area contributed by atoms with Crippen LogP contribution in [-0.2, 0) is 20.9 Å². The van der Waals surface area contributed by atoms with Gasteiger partial charge in [-0.15, -0.1) is 11.8 Å². The number of hydrogen-bond donors (Lipinski definition) is 0. The van der Waals surface area contributed by atoms with Gasteiger partial charge in [-0.25, -0.2) is 4.79 Å². The lowest BCUT2D eigenvalue weighted by Gasteiger charge is -2.37. The van der Waals surface area contributed by atoms with Crippen LogP contribution in [0.5, 0.6) is 0 Å². The molecule has 24 heavy (non-hydrogen) atoms. The van der Waals surface area contributed by atoms with Crippen molar-refractivity contribution in [1.82, 2.24) is 4.90 Å². The first-order valence-corrected chi connectivity index (χ1v) is 8.06. The summed E-state index contributed by atoms with van der Waals surface area (Å²) in [4.78, 5) is 35.9. The molecule has 1 aromatic carbocycles. The van der Waals surface area contributed by atoms with Crippen molar-refractivity contribution in [2.75, 3.05) is 0 Å². The third-order valence-corrected chi connectivity index (χ3v) is 5.57. The molecule has 8 nitrogen and oxygen atoms in total. The lowest BCUT2D eigenvalue weighted by atomic mass is 9.98. The van der Waals surface area contributed by atoms with E-state index in [-0.39, 0.29) is 33.8 Å². The Morgan fingerprint density at radius 3 is 2.58 bits per heavy atom. The molecule has 0 spiro atoms. The molecule has 0 saturated carbocycles. The van der Waals surface area contributed by atoms with Gasteiger partial charge in [-0.3, -0.25) is 14.9 Å². The number of nitro groups is 1. The van der Waals surface area contributed by atoms with Gasteiger partial charge in [0.15, 0.2) is 0 Å². The molecule has 0 bridgehead atoms. The Hall–Kier alpha value is -2.13. The number of carbonyl (C=O) groups is 2. The predicted molar refractivity (Wildman–Crippen MR) is 87.2 cm³/mol. The molecule has 1 amide bonds. The monoisotopic (exact) mass is 354 g/mol. The molecule has 2 aliphatic rings. The second-order valence-corrected chi connectivity index (χ2v) is 7.95. The van der Waals surface area contributed by atoms with Crippen molar-refractivity contribution in [1.29, 1.82) is 0 Å². The quantitative estimate of drug-likeness (QED) is 0.347. The summed E-state index contributed by atoms with van der Waals surface area (Å²) in [6.45, 7) is 3.89. The first-order valence-electron chi connectivity index (χ1n) is 7.18. The molecular weight excluding hydrogens is 336 g/mol. The lowest BCUT2D eigenvalue weighted by Crippen LogP contribution is -2.57. The van der Waals surface area contributed by atoms with E-state index < -0.39 is 16.9 Å². The van der Waals surface area contributed by atoms with Crippen molar-refractivity contribution >= 4 is 29.3 Å². The van der Waals surface area contributed by atoms with Gasteiger partial charge in [-0.1, -0.05) is 0 Å². The summed E-state index contributed by atoms with van der Waals surface area (Å²) in [6, 6.07) is 5.26. The first-order chi connectivity index (χ1) is 10.8. The largest absolute Gasteiger partial charge is 0.459 e. The van der Waals surface area contributed by atoms with E-state index in [1.54, 1.807) is 28.8 Å². The molecule has 2 fully saturated rings. The number of fused-ring (bicyclic) bond motifs is 1. The van der Waals surface area contributed by atoms with E-state index in [1.807, 2.05) is 13.8 Å². The fourth-order valence-corrected chi connectivity index (χ4v) is 4.52. The summed E-state index contributed by atoms with van der Waals surface area (Å²) in [7, 11) is 0. The van der Waals surface area contributed by atoms with Gasteiger partial charge in [-0.05, 0) is 31.5 Å². The Morgan fingerprint density at radius 1 is 1.42 bits per heavy atom. The molecule has 130 valence electrons. The van der Waals surface area contributed by atoms with Gasteiger partial charge in [0.25, 0.3) is 5.69 Å². The van der Waals surface area contributed by atoms with E-state index in [0.717, 1.165) is 0 Å². The minimum absolute atomic E-state index is 0. The van der Waals surface area contributed by atoms with E-state index in [4.69, 9.17) is 4.74 Å². The SMILES string of the molecule is CC1(C)S[C@@H]2CC(=O)N2[C@H]1C(=O)OCc1ccc([N+](=O)[O-])cc1.O. The molecule has 2 heterocycles. The molecule has 0 unspecified atom stereocenters. The van der Waals surface area contributed by atoms with Crippen LogP contribution < -0.4 is 0 Å². The third-order valence-electron chi connectivity index (χ3n) is 4.08. The van der Waals surface area contributed by atoms with E-state index in [1.165, 1.54) is 12.1 Å². The highest BCUT2D eigenvalue weighted by Crippen LogP contribution is 2.50. The summed E-state index contributed by atoms with van der Waals surface area (Å²) < 4.78 is 4.95. The molecule has 2 saturated heterocycles. The van der Waals surface area contributed by atoms with Gasteiger partial charge in [0.1, 0.15) is 12.6 Å². The van der Waals surface area contributed by atoms with Crippen LogP contribution in [0, 0.1) is 10.1 Å². The van der Waals surface area contributed by atoms with Crippen LogP contribution in [0.4, 0.5) is 5.69 Å². The van der Waals surface area contributed by atoms with Gasteiger partial charge in [0.2, 0.25) is 5.91 Å². The van der Waals surface area contributed by atoms with Crippen LogP contribution in [-0.4, -0.2) is 43.3 Å². The van der Waals surface area contributed by atoms with E-state index in [2.05, 4.69) is 0 Å². The van der Waals surface area contributed by atoms with Gasteiger partial charge in [0, 0.05) is 16.9 Å². The highest BCUT2D eigenvalue weighted by Gasteiger charge is 2.59. The summed E-state index contributed by atoms with van der Waals surface area (Å²) in [5.74, 6) is -0.457. The second-order valence-electron chi connectivity index (χ2n) is 6.11. The molecule has 9 heteroatoms. The maximum Gasteiger partial charge on any atom is 0.330 e.